The van der Waals surface area contributed by atoms with Crippen LogP contribution >= 0.6 is 11.6 Å². The van der Waals surface area contributed by atoms with Gasteiger partial charge in [0.2, 0.25) is 0 Å². The number of ether oxygens (including phenoxy) is 2. The molecule has 0 aliphatic heterocycles. The van der Waals surface area contributed by atoms with Gasteiger partial charge in [-0.05, 0) is 36.8 Å². The highest BCUT2D eigenvalue weighted by Gasteiger charge is 2.12. The van der Waals surface area contributed by atoms with E-state index in [0.717, 1.165) is 5.56 Å². The van der Waals surface area contributed by atoms with Gasteiger partial charge in [-0.25, -0.2) is 0 Å². The minimum atomic E-state index is -0.338. The van der Waals surface area contributed by atoms with Crippen LogP contribution in [-0.2, 0) is 0 Å². The van der Waals surface area contributed by atoms with Crippen LogP contribution in [-0.4, -0.2) is 30.3 Å². The Hall–Kier alpha value is -3.32. The number of hydrogen-bond donors (Lipinski definition) is 2. The Balaban J connectivity index is 1.75. The Morgan fingerprint density at radius 1 is 1.00 bits per heavy atom. The molecule has 0 atom stereocenters. The van der Waals surface area contributed by atoms with Crippen LogP contribution in [0.15, 0.2) is 48.5 Å². The number of carbonyl (C=O) groups is 1. The van der Waals surface area contributed by atoms with Gasteiger partial charge in [0.05, 0.1) is 24.9 Å². The van der Waals surface area contributed by atoms with Crippen LogP contribution in [0.1, 0.15) is 16.1 Å². The highest BCUT2D eigenvalue weighted by Crippen LogP contribution is 2.36. The summed E-state index contributed by atoms with van der Waals surface area (Å²) in [6, 6.07) is 14.1. The van der Waals surface area contributed by atoms with E-state index in [1.807, 2.05) is 31.2 Å². The lowest BCUT2D eigenvalue weighted by Crippen LogP contribution is -2.14. The van der Waals surface area contributed by atoms with Crippen LogP contribution < -0.4 is 20.1 Å². The normalized spacial score (nSPS) is 10.3. The molecule has 0 radical (unpaired) electrons. The zero-order valence-electron chi connectivity index (χ0n) is 15.6. The van der Waals surface area contributed by atoms with Crippen molar-refractivity contribution >= 4 is 34.7 Å². The van der Waals surface area contributed by atoms with E-state index >= 15 is 0 Å². The summed E-state index contributed by atoms with van der Waals surface area (Å²) in [5.74, 6) is 1.12. The van der Waals surface area contributed by atoms with Gasteiger partial charge in [0.25, 0.3) is 5.91 Å². The molecule has 2 aromatic carbocycles. The van der Waals surface area contributed by atoms with Gasteiger partial charge < -0.3 is 20.1 Å². The molecule has 28 heavy (non-hydrogen) atoms. The SMILES string of the molecule is COc1cc(Nc2ccc(C(=O)Nc3cccc(C)c3)nn2)c(OC)cc1Cl. The van der Waals surface area contributed by atoms with E-state index in [-0.39, 0.29) is 11.6 Å². The average molecular weight is 399 g/mol. The van der Waals surface area contributed by atoms with Crippen molar-refractivity contribution < 1.29 is 14.3 Å². The van der Waals surface area contributed by atoms with Gasteiger partial charge in [-0.15, -0.1) is 10.2 Å². The van der Waals surface area contributed by atoms with Crippen LogP contribution in [0.2, 0.25) is 5.02 Å². The van der Waals surface area contributed by atoms with Crippen molar-refractivity contribution in [3.05, 3.63) is 64.8 Å². The summed E-state index contributed by atoms with van der Waals surface area (Å²) in [5.41, 5.74) is 2.56. The molecule has 0 fully saturated rings. The first kappa shape index (κ1) is 19.4. The quantitative estimate of drug-likeness (QED) is 0.638. The predicted molar refractivity (Wildman–Crippen MR) is 109 cm³/mol. The molecule has 144 valence electrons. The number of amides is 1. The van der Waals surface area contributed by atoms with Crippen molar-refractivity contribution in [3.63, 3.8) is 0 Å². The lowest BCUT2D eigenvalue weighted by atomic mass is 10.2. The van der Waals surface area contributed by atoms with Crippen molar-refractivity contribution in [1.29, 1.82) is 0 Å². The maximum atomic E-state index is 12.3. The molecule has 3 rings (SSSR count). The molecule has 1 heterocycles. The fourth-order valence-electron chi connectivity index (χ4n) is 2.53. The van der Waals surface area contributed by atoms with Crippen LogP contribution in [0.4, 0.5) is 17.2 Å². The monoisotopic (exact) mass is 398 g/mol. The van der Waals surface area contributed by atoms with Gasteiger partial charge >= 0.3 is 0 Å². The van der Waals surface area contributed by atoms with E-state index in [9.17, 15) is 4.79 Å². The molecule has 0 aliphatic carbocycles. The molecule has 0 unspecified atom stereocenters. The third-order valence-electron chi connectivity index (χ3n) is 3.91. The maximum Gasteiger partial charge on any atom is 0.276 e. The molecule has 0 saturated heterocycles. The Kier molecular flexibility index (Phi) is 5.96. The number of carbonyl (C=O) groups excluding carboxylic acids is 1. The van der Waals surface area contributed by atoms with Crippen LogP contribution in [0.25, 0.3) is 0 Å². The summed E-state index contributed by atoms with van der Waals surface area (Å²) < 4.78 is 10.5. The Labute approximate surface area is 167 Å². The molecule has 8 heteroatoms. The van der Waals surface area contributed by atoms with E-state index in [1.54, 1.807) is 24.3 Å². The summed E-state index contributed by atoms with van der Waals surface area (Å²) in [4.78, 5) is 12.3. The number of nitrogens with one attached hydrogen (secondary N) is 2. The smallest absolute Gasteiger partial charge is 0.276 e. The van der Waals surface area contributed by atoms with Crippen molar-refractivity contribution in [3.8, 4) is 11.5 Å². The topological polar surface area (TPSA) is 85.4 Å². The second kappa shape index (κ2) is 8.58. The third kappa shape index (κ3) is 4.50. The standard InChI is InChI=1S/C20H19ClN4O3/c1-12-5-4-6-13(9-12)22-20(26)15-7-8-19(25-24-15)23-16-11-17(27-2)14(21)10-18(16)28-3/h4-11H,1-3H3,(H,22,26)(H,23,25). The highest BCUT2D eigenvalue weighted by atomic mass is 35.5. The molecule has 7 nitrogen and oxygen atoms in total. The number of benzene rings is 2. The van der Waals surface area contributed by atoms with E-state index < -0.39 is 0 Å². The zero-order valence-corrected chi connectivity index (χ0v) is 16.4. The highest BCUT2D eigenvalue weighted by molar-refractivity contribution is 6.32. The lowest BCUT2D eigenvalue weighted by molar-refractivity contribution is 0.102. The number of hydrogen-bond acceptors (Lipinski definition) is 6. The molecule has 2 N–H and O–H groups in total. The first-order valence-corrected chi connectivity index (χ1v) is 8.78. The number of anilines is 3. The Morgan fingerprint density at radius 3 is 2.43 bits per heavy atom. The summed E-state index contributed by atoms with van der Waals surface area (Å²) >= 11 is 6.11. The number of aryl methyl sites for hydroxylation is 1. The summed E-state index contributed by atoms with van der Waals surface area (Å²) in [6.07, 6.45) is 0. The predicted octanol–water partition coefficient (Wildman–Crippen LogP) is 4.45. The fraction of sp³-hybridized carbons (Fsp3) is 0.150. The zero-order chi connectivity index (χ0) is 20.1. The van der Waals surface area contributed by atoms with Gasteiger partial charge in [0, 0.05) is 17.8 Å². The summed E-state index contributed by atoms with van der Waals surface area (Å²) in [6.45, 7) is 1.95. The number of halogens is 1. The second-order valence-corrected chi connectivity index (χ2v) is 6.35. The molecule has 0 saturated carbocycles. The van der Waals surface area contributed by atoms with Gasteiger partial charge in [-0.1, -0.05) is 23.7 Å². The van der Waals surface area contributed by atoms with Crippen LogP contribution in [0.3, 0.4) is 0 Å². The average Bonchev–Trinajstić information content (AvgIpc) is 2.69. The Bertz CT molecular complexity index is 993. The minimum Gasteiger partial charge on any atom is -0.495 e. The second-order valence-electron chi connectivity index (χ2n) is 5.94. The summed E-state index contributed by atoms with van der Waals surface area (Å²) in [7, 11) is 3.06. The van der Waals surface area contributed by atoms with E-state index in [0.29, 0.717) is 33.7 Å². The third-order valence-corrected chi connectivity index (χ3v) is 4.21. The van der Waals surface area contributed by atoms with Crippen LogP contribution in [0, 0.1) is 6.92 Å². The van der Waals surface area contributed by atoms with Crippen molar-refractivity contribution in [1.82, 2.24) is 10.2 Å². The van der Waals surface area contributed by atoms with E-state index in [2.05, 4.69) is 20.8 Å². The molecule has 1 amide bonds. The molecule has 0 spiro atoms. The molecule has 1 aromatic heterocycles. The fourth-order valence-corrected chi connectivity index (χ4v) is 2.76. The van der Waals surface area contributed by atoms with E-state index in [4.69, 9.17) is 21.1 Å². The lowest BCUT2D eigenvalue weighted by Gasteiger charge is -2.13. The van der Waals surface area contributed by atoms with E-state index in [1.165, 1.54) is 14.2 Å². The first-order valence-electron chi connectivity index (χ1n) is 8.40. The minimum absolute atomic E-state index is 0.202. The summed E-state index contributed by atoms with van der Waals surface area (Å²) in [5, 5.41) is 14.3. The van der Waals surface area contributed by atoms with Crippen molar-refractivity contribution in [2.75, 3.05) is 24.9 Å². The molecular weight excluding hydrogens is 380 g/mol. The molecule has 0 bridgehead atoms. The number of nitrogens with zero attached hydrogens (tertiary/aromatic N) is 2. The first-order chi connectivity index (χ1) is 13.5. The maximum absolute atomic E-state index is 12.3. The number of rotatable bonds is 6. The van der Waals surface area contributed by atoms with Gasteiger partial charge in [0.1, 0.15) is 11.5 Å². The number of aromatic nitrogens is 2. The van der Waals surface area contributed by atoms with Gasteiger partial charge in [0.15, 0.2) is 11.5 Å². The molecule has 0 aliphatic rings. The van der Waals surface area contributed by atoms with Gasteiger partial charge in [-0.3, -0.25) is 4.79 Å². The molecular formula is C20H19ClN4O3. The Morgan fingerprint density at radius 2 is 1.79 bits per heavy atom. The number of methoxy groups -OCH3 is 2. The van der Waals surface area contributed by atoms with Crippen molar-refractivity contribution in [2.24, 2.45) is 0 Å². The largest absolute Gasteiger partial charge is 0.495 e. The van der Waals surface area contributed by atoms with Crippen molar-refractivity contribution in [2.45, 2.75) is 6.92 Å². The van der Waals surface area contributed by atoms with Crippen LogP contribution in [0.5, 0.6) is 11.5 Å². The molecule has 3 aromatic rings. The van der Waals surface area contributed by atoms with Gasteiger partial charge in [-0.2, -0.15) is 0 Å².